The number of thiocarbonyl (C=S) groups is 1. The Bertz CT molecular complexity index is 637. The number of carbonyl (C=O) groups excluding carboxylic acids is 2. The molecule has 23 heavy (non-hydrogen) atoms. The van der Waals surface area contributed by atoms with Gasteiger partial charge in [-0.2, -0.15) is 0 Å². The van der Waals surface area contributed by atoms with Gasteiger partial charge in [0.25, 0.3) is 11.8 Å². The summed E-state index contributed by atoms with van der Waals surface area (Å²) in [7, 11) is 0. The molecule has 0 fully saturated rings. The van der Waals surface area contributed by atoms with Crippen LogP contribution in [0.2, 0.25) is 0 Å². The molecule has 1 atom stereocenters. The van der Waals surface area contributed by atoms with E-state index in [9.17, 15) is 9.59 Å². The zero-order chi connectivity index (χ0) is 17.1. The number of hydrazine groups is 1. The van der Waals surface area contributed by atoms with E-state index in [0.717, 1.165) is 5.56 Å². The average Bonchev–Trinajstić information content (AvgIpc) is 2.75. The zero-order valence-electron chi connectivity index (χ0n) is 13.3. The molecule has 1 aromatic rings. The predicted octanol–water partition coefficient (Wildman–Crippen LogP) is 1.41. The molecule has 0 aliphatic carbocycles. The summed E-state index contributed by atoms with van der Waals surface area (Å²) in [5.74, 6) is -0.601. The van der Waals surface area contributed by atoms with Gasteiger partial charge in [-0.3, -0.25) is 25.3 Å². The van der Waals surface area contributed by atoms with Gasteiger partial charge in [0.15, 0.2) is 5.11 Å². The van der Waals surface area contributed by atoms with Gasteiger partial charge in [-0.15, -0.1) is 0 Å². The van der Waals surface area contributed by atoms with E-state index >= 15 is 0 Å². The molecule has 0 aromatic heterocycles. The first-order valence-electron chi connectivity index (χ1n) is 7.31. The first-order chi connectivity index (χ1) is 10.8. The van der Waals surface area contributed by atoms with Gasteiger partial charge in [0.05, 0.1) is 0 Å². The molecular formula is C16H20N4O2S. The lowest BCUT2D eigenvalue weighted by Crippen LogP contribution is -2.53. The standard InChI is InChI=1S/C16H20N4O2S/c1-9(2)17-16(23)19-18-14(21)11(4)20-10(3)12-7-5-6-8-13(12)15(20)22/h5-9,11H,3H2,1-2,4H3,(H,18,21)(H2,17,19,23). The quantitative estimate of drug-likeness (QED) is 0.576. The van der Waals surface area contributed by atoms with Crippen LogP contribution in [0.5, 0.6) is 0 Å². The molecule has 0 saturated heterocycles. The number of hydrogen-bond donors (Lipinski definition) is 3. The van der Waals surface area contributed by atoms with E-state index < -0.39 is 6.04 Å². The van der Waals surface area contributed by atoms with E-state index in [0.29, 0.717) is 16.4 Å². The second-order valence-corrected chi connectivity index (χ2v) is 5.99. The third-order valence-electron chi connectivity index (χ3n) is 3.46. The second kappa shape index (κ2) is 6.78. The Morgan fingerprint density at radius 2 is 1.78 bits per heavy atom. The highest BCUT2D eigenvalue weighted by atomic mass is 32.1. The molecule has 7 heteroatoms. The van der Waals surface area contributed by atoms with Gasteiger partial charge in [-0.05, 0) is 39.1 Å². The van der Waals surface area contributed by atoms with Crippen molar-refractivity contribution in [1.82, 2.24) is 21.1 Å². The van der Waals surface area contributed by atoms with Crippen molar-refractivity contribution < 1.29 is 9.59 Å². The van der Waals surface area contributed by atoms with Crippen molar-refractivity contribution in [2.45, 2.75) is 32.9 Å². The van der Waals surface area contributed by atoms with E-state index in [2.05, 4.69) is 22.7 Å². The van der Waals surface area contributed by atoms with E-state index in [1.807, 2.05) is 26.0 Å². The Kier molecular flexibility index (Phi) is 5.00. The van der Waals surface area contributed by atoms with Crippen LogP contribution in [0.3, 0.4) is 0 Å². The van der Waals surface area contributed by atoms with Crippen molar-refractivity contribution >= 4 is 34.8 Å². The number of fused-ring (bicyclic) bond motifs is 1. The smallest absolute Gasteiger partial charge is 0.261 e. The number of nitrogens with one attached hydrogen (secondary N) is 3. The molecule has 3 N–H and O–H groups in total. The minimum atomic E-state index is -0.711. The highest BCUT2D eigenvalue weighted by molar-refractivity contribution is 7.80. The second-order valence-electron chi connectivity index (χ2n) is 5.59. The monoisotopic (exact) mass is 332 g/mol. The Morgan fingerprint density at radius 3 is 2.35 bits per heavy atom. The molecule has 1 unspecified atom stereocenters. The van der Waals surface area contributed by atoms with Crippen LogP contribution < -0.4 is 16.2 Å². The van der Waals surface area contributed by atoms with E-state index in [1.165, 1.54) is 4.90 Å². The van der Waals surface area contributed by atoms with Crippen molar-refractivity contribution in [3.63, 3.8) is 0 Å². The third kappa shape index (κ3) is 3.50. The van der Waals surface area contributed by atoms with E-state index in [-0.39, 0.29) is 17.9 Å². The Hall–Kier alpha value is -2.41. The van der Waals surface area contributed by atoms with Gasteiger partial charge in [-0.1, -0.05) is 24.8 Å². The van der Waals surface area contributed by atoms with Crippen LogP contribution in [0.25, 0.3) is 5.70 Å². The molecule has 0 radical (unpaired) electrons. The normalized spacial score (nSPS) is 14.5. The van der Waals surface area contributed by atoms with E-state index in [1.54, 1.807) is 19.1 Å². The topological polar surface area (TPSA) is 73.5 Å². The number of carbonyl (C=O) groups is 2. The fourth-order valence-corrected chi connectivity index (χ4v) is 2.64. The number of amides is 2. The lowest BCUT2D eigenvalue weighted by molar-refractivity contribution is -0.124. The maximum atomic E-state index is 12.5. The maximum Gasteiger partial charge on any atom is 0.261 e. The van der Waals surface area contributed by atoms with Gasteiger partial charge < -0.3 is 5.32 Å². The molecule has 1 aromatic carbocycles. The summed E-state index contributed by atoms with van der Waals surface area (Å²) in [5, 5.41) is 3.26. The molecule has 6 nitrogen and oxygen atoms in total. The lowest BCUT2D eigenvalue weighted by Gasteiger charge is -2.25. The summed E-state index contributed by atoms with van der Waals surface area (Å²) in [4.78, 5) is 26.1. The van der Waals surface area contributed by atoms with Crippen molar-refractivity contribution in [2.24, 2.45) is 0 Å². The SMILES string of the molecule is C=C1c2ccccc2C(=O)N1C(C)C(=O)NNC(=S)NC(C)C. The van der Waals surface area contributed by atoms with Crippen LogP contribution in [0.15, 0.2) is 30.8 Å². The van der Waals surface area contributed by atoms with Crippen LogP contribution in [-0.4, -0.2) is 33.9 Å². The highest BCUT2D eigenvalue weighted by Gasteiger charge is 2.36. The summed E-state index contributed by atoms with van der Waals surface area (Å²) in [6.07, 6.45) is 0. The van der Waals surface area contributed by atoms with Crippen molar-refractivity contribution in [2.75, 3.05) is 0 Å². The minimum absolute atomic E-state index is 0.152. The van der Waals surface area contributed by atoms with Crippen LogP contribution in [-0.2, 0) is 4.79 Å². The van der Waals surface area contributed by atoms with Gasteiger partial charge in [0, 0.05) is 22.9 Å². The molecule has 0 bridgehead atoms. The van der Waals surface area contributed by atoms with Crippen LogP contribution in [0, 0.1) is 0 Å². The fraction of sp³-hybridized carbons (Fsp3) is 0.312. The predicted molar refractivity (Wildman–Crippen MR) is 93.3 cm³/mol. The molecule has 1 aliphatic heterocycles. The van der Waals surface area contributed by atoms with Gasteiger partial charge in [0.1, 0.15) is 6.04 Å². The average molecular weight is 332 g/mol. The highest BCUT2D eigenvalue weighted by Crippen LogP contribution is 2.32. The Balaban J connectivity index is 2.02. The van der Waals surface area contributed by atoms with Crippen LogP contribution in [0.4, 0.5) is 0 Å². The summed E-state index contributed by atoms with van der Waals surface area (Å²) in [6, 6.07) is 6.61. The summed E-state index contributed by atoms with van der Waals surface area (Å²) < 4.78 is 0. The molecule has 0 spiro atoms. The van der Waals surface area contributed by atoms with Crippen LogP contribution >= 0.6 is 12.2 Å². The minimum Gasteiger partial charge on any atom is -0.359 e. The lowest BCUT2D eigenvalue weighted by atomic mass is 10.1. The van der Waals surface area contributed by atoms with Crippen LogP contribution in [0.1, 0.15) is 36.7 Å². The Labute approximate surface area is 140 Å². The molecule has 1 aliphatic rings. The van der Waals surface area contributed by atoms with Gasteiger partial charge in [0.2, 0.25) is 0 Å². The number of nitrogens with zero attached hydrogens (tertiary/aromatic N) is 1. The zero-order valence-corrected chi connectivity index (χ0v) is 14.2. The summed E-state index contributed by atoms with van der Waals surface area (Å²) >= 11 is 5.04. The molecular weight excluding hydrogens is 312 g/mol. The van der Waals surface area contributed by atoms with E-state index in [4.69, 9.17) is 12.2 Å². The summed E-state index contributed by atoms with van der Waals surface area (Å²) in [5.41, 5.74) is 6.96. The first-order valence-corrected chi connectivity index (χ1v) is 7.72. The number of hydrogen-bond acceptors (Lipinski definition) is 3. The van der Waals surface area contributed by atoms with Crippen molar-refractivity contribution in [3.05, 3.63) is 42.0 Å². The molecule has 0 saturated carbocycles. The molecule has 2 amide bonds. The number of rotatable bonds is 3. The molecule has 122 valence electrons. The Morgan fingerprint density at radius 1 is 1.17 bits per heavy atom. The number of benzene rings is 1. The van der Waals surface area contributed by atoms with Gasteiger partial charge >= 0.3 is 0 Å². The third-order valence-corrected chi connectivity index (χ3v) is 3.68. The maximum absolute atomic E-state index is 12.5. The van der Waals surface area contributed by atoms with Crippen molar-refractivity contribution in [1.29, 1.82) is 0 Å². The molecule has 2 rings (SSSR count). The molecule has 1 heterocycles. The van der Waals surface area contributed by atoms with Crippen molar-refractivity contribution in [3.8, 4) is 0 Å². The largest absolute Gasteiger partial charge is 0.359 e. The first kappa shape index (κ1) is 17.0. The van der Waals surface area contributed by atoms with Gasteiger partial charge in [-0.25, -0.2) is 0 Å². The summed E-state index contributed by atoms with van der Waals surface area (Å²) in [6.45, 7) is 9.44. The fourth-order valence-electron chi connectivity index (χ4n) is 2.35.